The predicted octanol–water partition coefficient (Wildman–Crippen LogP) is 6.75. The van der Waals surface area contributed by atoms with Crippen molar-refractivity contribution >= 4 is 62.3 Å². The van der Waals surface area contributed by atoms with E-state index in [0.717, 1.165) is 28.1 Å². The van der Waals surface area contributed by atoms with Gasteiger partial charge in [0.05, 0.1) is 17.0 Å². The average molecular weight is 653 g/mol. The van der Waals surface area contributed by atoms with E-state index in [1.165, 1.54) is 12.1 Å². The van der Waals surface area contributed by atoms with Crippen molar-refractivity contribution in [3.05, 3.63) is 99.0 Å². The molecule has 0 unspecified atom stereocenters. The Morgan fingerprint density at radius 1 is 0.905 bits per heavy atom. The van der Waals surface area contributed by atoms with E-state index in [1.54, 1.807) is 29.2 Å². The minimum Gasteiger partial charge on any atom is -0.352 e. The van der Waals surface area contributed by atoms with Gasteiger partial charge in [0, 0.05) is 42.0 Å². The maximum Gasteiger partial charge on any atom is 0.243 e. The number of benzene rings is 3. The van der Waals surface area contributed by atoms with Gasteiger partial charge in [0.15, 0.2) is 0 Å². The molecule has 226 valence electrons. The van der Waals surface area contributed by atoms with Crippen LogP contribution < -0.4 is 9.62 Å². The lowest BCUT2D eigenvalue weighted by Crippen LogP contribution is -2.52. The molecule has 3 rings (SSSR count). The normalized spacial score (nSPS) is 12.8. The molecule has 0 heterocycles. The van der Waals surface area contributed by atoms with Crippen molar-refractivity contribution < 1.29 is 18.0 Å². The molecule has 3 aromatic rings. The molecule has 2 amide bonds. The van der Waals surface area contributed by atoms with Gasteiger partial charge in [-0.2, -0.15) is 0 Å². The Morgan fingerprint density at radius 2 is 1.57 bits per heavy atom. The highest BCUT2D eigenvalue weighted by atomic mass is 35.5. The van der Waals surface area contributed by atoms with Gasteiger partial charge in [-0.3, -0.25) is 13.9 Å². The molecule has 2 atom stereocenters. The second-order valence-electron chi connectivity index (χ2n) is 10.2. The zero-order valence-electron chi connectivity index (χ0n) is 23.9. The summed E-state index contributed by atoms with van der Waals surface area (Å²) in [5.41, 5.74) is 1.92. The third-order valence-electron chi connectivity index (χ3n) is 6.84. The van der Waals surface area contributed by atoms with E-state index >= 15 is 0 Å². The maximum atomic E-state index is 13.9. The van der Waals surface area contributed by atoms with E-state index in [9.17, 15) is 18.0 Å². The maximum absolute atomic E-state index is 13.9. The first kappa shape index (κ1) is 33.7. The van der Waals surface area contributed by atoms with Crippen molar-refractivity contribution in [2.75, 3.05) is 17.1 Å². The van der Waals surface area contributed by atoms with Crippen molar-refractivity contribution in [3.63, 3.8) is 0 Å². The van der Waals surface area contributed by atoms with Crippen LogP contribution in [0.5, 0.6) is 0 Å². The van der Waals surface area contributed by atoms with Crippen LogP contribution in [0.2, 0.25) is 15.1 Å². The second-order valence-corrected chi connectivity index (χ2v) is 13.4. The number of anilines is 1. The quantitative estimate of drug-likeness (QED) is 0.209. The van der Waals surface area contributed by atoms with Gasteiger partial charge in [-0.05, 0) is 61.2 Å². The van der Waals surface area contributed by atoms with Crippen molar-refractivity contribution in [2.24, 2.45) is 0 Å². The zero-order chi connectivity index (χ0) is 30.9. The second kappa shape index (κ2) is 15.6. The van der Waals surface area contributed by atoms with Gasteiger partial charge in [0.1, 0.15) is 6.04 Å². The summed E-state index contributed by atoms with van der Waals surface area (Å²) in [6.07, 6.45) is 2.30. The summed E-state index contributed by atoms with van der Waals surface area (Å²) in [5.74, 6) is -0.548. The van der Waals surface area contributed by atoms with Gasteiger partial charge in [-0.25, -0.2) is 8.42 Å². The number of amides is 2. The van der Waals surface area contributed by atoms with Crippen molar-refractivity contribution in [3.8, 4) is 0 Å². The Kier molecular flexibility index (Phi) is 12.5. The largest absolute Gasteiger partial charge is 0.352 e. The first-order valence-electron chi connectivity index (χ1n) is 13.7. The van der Waals surface area contributed by atoms with E-state index in [1.807, 2.05) is 50.2 Å². The number of nitrogens with zero attached hydrogens (tertiary/aromatic N) is 2. The molecular formula is C31H36Cl3N3O4S. The number of carbonyl (C=O) groups excluding carboxylic acids is 2. The molecule has 0 saturated carbocycles. The highest BCUT2D eigenvalue weighted by Crippen LogP contribution is 2.31. The Morgan fingerprint density at radius 3 is 2.21 bits per heavy atom. The molecule has 0 radical (unpaired) electrons. The Balaban J connectivity index is 1.91. The number of nitrogens with one attached hydrogen (secondary N) is 1. The fourth-order valence-electron chi connectivity index (χ4n) is 4.49. The topological polar surface area (TPSA) is 86.8 Å². The van der Waals surface area contributed by atoms with E-state index in [2.05, 4.69) is 5.32 Å². The van der Waals surface area contributed by atoms with Crippen molar-refractivity contribution in [2.45, 2.75) is 58.2 Å². The van der Waals surface area contributed by atoms with Crippen LogP contribution in [0.1, 0.15) is 44.2 Å². The number of sulfonamides is 1. The molecule has 1 N–H and O–H groups in total. The third-order valence-corrected chi connectivity index (χ3v) is 8.81. The van der Waals surface area contributed by atoms with Gasteiger partial charge >= 0.3 is 0 Å². The first-order valence-corrected chi connectivity index (χ1v) is 16.7. The highest BCUT2D eigenvalue weighted by molar-refractivity contribution is 7.92. The van der Waals surface area contributed by atoms with Crippen molar-refractivity contribution in [1.29, 1.82) is 0 Å². The van der Waals surface area contributed by atoms with E-state index in [-0.39, 0.29) is 54.5 Å². The smallest absolute Gasteiger partial charge is 0.243 e. The van der Waals surface area contributed by atoms with Crippen LogP contribution in [0, 0.1) is 0 Å². The number of rotatable bonds is 14. The van der Waals surface area contributed by atoms with Gasteiger partial charge in [-0.15, -0.1) is 0 Å². The SMILES string of the molecule is CC[C@@H](C)NC(=O)[C@H](Cc1ccccc1)N(Cc1cccc(Cl)c1)C(=O)CCCN(c1cc(Cl)ccc1Cl)S(C)(=O)=O. The molecule has 0 spiro atoms. The van der Waals surface area contributed by atoms with Crippen LogP contribution >= 0.6 is 34.8 Å². The summed E-state index contributed by atoms with van der Waals surface area (Å²) in [6, 6.07) is 20.4. The molecule has 0 aliphatic rings. The standard InChI is InChI=1S/C31H36Cl3N3O4S/c1-4-22(2)35-31(39)29(19-23-10-6-5-7-11-23)36(21-24-12-8-13-25(32)18-24)30(38)14-9-17-37(42(3,40)41)28-20-26(33)15-16-27(28)34/h5-8,10-13,15-16,18,20,22,29H,4,9,14,17,19,21H2,1-3H3,(H,35,39)/t22-,29+/m1/s1. The molecule has 0 aromatic heterocycles. The van der Waals surface area contributed by atoms with Crippen molar-refractivity contribution in [1.82, 2.24) is 10.2 Å². The zero-order valence-corrected chi connectivity index (χ0v) is 27.0. The summed E-state index contributed by atoms with van der Waals surface area (Å²) in [5, 5.41) is 4.12. The average Bonchev–Trinajstić information content (AvgIpc) is 2.94. The molecule has 42 heavy (non-hydrogen) atoms. The number of carbonyl (C=O) groups is 2. The van der Waals surface area contributed by atoms with Gasteiger partial charge in [0.2, 0.25) is 21.8 Å². The van der Waals surface area contributed by atoms with Crippen LogP contribution in [-0.2, 0) is 32.6 Å². The fraction of sp³-hybridized carbons (Fsp3) is 0.355. The molecule has 0 fully saturated rings. The lowest BCUT2D eigenvalue weighted by atomic mass is 10.0. The van der Waals surface area contributed by atoms with Crippen LogP contribution in [0.3, 0.4) is 0 Å². The summed E-state index contributed by atoms with van der Waals surface area (Å²) in [6.45, 7) is 4.05. The lowest BCUT2D eigenvalue weighted by molar-refractivity contribution is -0.141. The van der Waals surface area contributed by atoms with Gasteiger partial charge in [0.25, 0.3) is 0 Å². The van der Waals surface area contributed by atoms with Crippen LogP contribution in [-0.4, -0.2) is 50.0 Å². The molecule has 7 nitrogen and oxygen atoms in total. The minimum atomic E-state index is -3.73. The predicted molar refractivity (Wildman–Crippen MR) is 172 cm³/mol. The molecular weight excluding hydrogens is 617 g/mol. The Hall–Kier alpha value is -2.78. The molecule has 11 heteroatoms. The molecule has 0 aliphatic heterocycles. The van der Waals surface area contributed by atoms with Crippen LogP contribution in [0.4, 0.5) is 5.69 Å². The molecule has 0 aliphatic carbocycles. The Labute approximate surface area is 263 Å². The van der Waals surface area contributed by atoms with E-state index in [0.29, 0.717) is 16.5 Å². The summed E-state index contributed by atoms with van der Waals surface area (Å²) in [4.78, 5) is 29.1. The van der Waals surface area contributed by atoms with E-state index < -0.39 is 16.1 Å². The number of hydrogen-bond donors (Lipinski definition) is 1. The third kappa shape index (κ3) is 9.90. The van der Waals surface area contributed by atoms with Gasteiger partial charge < -0.3 is 10.2 Å². The Bertz CT molecular complexity index is 1470. The first-order chi connectivity index (χ1) is 19.9. The lowest BCUT2D eigenvalue weighted by Gasteiger charge is -2.33. The summed E-state index contributed by atoms with van der Waals surface area (Å²) >= 11 is 18.7. The summed E-state index contributed by atoms with van der Waals surface area (Å²) in [7, 11) is -3.73. The molecule has 0 bridgehead atoms. The van der Waals surface area contributed by atoms with E-state index in [4.69, 9.17) is 34.8 Å². The van der Waals surface area contributed by atoms with Crippen LogP contribution in [0.25, 0.3) is 0 Å². The minimum absolute atomic E-state index is 0.00193. The fourth-order valence-corrected chi connectivity index (χ4v) is 6.10. The summed E-state index contributed by atoms with van der Waals surface area (Å²) < 4.78 is 26.5. The van der Waals surface area contributed by atoms with Crippen LogP contribution in [0.15, 0.2) is 72.8 Å². The number of hydrogen-bond acceptors (Lipinski definition) is 4. The highest BCUT2D eigenvalue weighted by Gasteiger charge is 2.31. The van der Waals surface area contributed by atoms with Gasteiger partial charge in [-0.1, -0.05) is 84.2 Å². The molecule has 0 saturated heterocycles. The number of halogens is 3. The molecule has 3 aromatic carbocycles. The monoisotopic (exact) mass is 651 g/mol.